The molecule has 0 N–H and O–H groups in total. The van der Waals surface area contributed by atoms with E-state index in [9.17, 15) is 0 Å². The molecular formula is C18H20N4OS2. The van der Waals surface area contributed by atoms with Gasteiger partial charge in [0.25, 0.3) is 0 Å². The van der Waals surface area contributed by atoms with Crippen molar-refractivity contribution < 1.29 is 4.74 Å². The van der Waals surface area contributed by atoms with E-state index in [0.717, 1.165) is 54.5 Å². The highest BCUT2D eigenvalue weighted by Crippen LogP contribution is 2.42. The summed E-state index contributed by atoms with van der Waals surface area (Å²) in [5.74, 6) is 1.19. The second-order valence-electron chi connectivity index (χ2n) is 6.54. The molecule has 1 fully saturated rings. The molecule has 1 aliphatic heterocycles. The maximum atomic E-state index is 5.54. The number of rotatable bonds is 2. The number of fused-ring (bicyclic) bond motifs is 5. The smallest absolute Gasteiger partial charge is 0.133 e. The summed E-state index contributed by atoms with van der Waals surface area (Å²) in [5, 5.41) is 2.34. The van der Waals surface area contributed by atoms with Crippen molar-refractivity contribution in [2.24, 2.45) is 0 Å². The highest BCUT2D eigenvalue weighted by molar-refractivity contribution is 7.98. The Morgan fingerprint density at radius 1 is 1.12 bits per heavy atom. The average Bonchev–Trinajstić information content (AvgIpc) is 3.07. The number of thioether (sulfide) groups is 1. The van der Waals surface area contributed by atoms with E-state index >= 15 is 0 Å². The van der Waals surface area contributed by atoms with E-state index in [0.29, 0.717) is 0 Å². The summed E-state index contributed by atoms with van der Waals surface area (Å²) in [6, 6.07) is 0. The summed E-state index contributed by atoms with van der Waals surface area (Å²) in [4.78, 5) is 17.8. The lowest BCUT2D eigenvalue weighted by molar-refractivity contribution is 0.122. The van der Waals surface area contributed by atoms with Crippen LogP contribution in [0.5, 0.6) is 0 Å². The van der Waals surface area contributed by atoms with Crippen LogP contribution in [0.15, 0.2) is 11.4 Å². The first-order valence-corrected chi connectivity index (χ1v) is 10.9. The molecular weight excluding hydrogens is 352 g/mol. The molecule has 0 saturated carbocycles. The number of hydrogen-bond donors (Lipinski definition) is 0. The molecule has 4 heterocycles. The van der Waals surface area contributed by atoms with Crippen molar-refractivity contribution in [3.8, 4) is 0 Å². The van der Waals surface area contributed by atoms with E-state index in [-0.39, 0.29) is 0 Å². The molecule has 7 heteroatoms. The van der Waals surface area contributed by atoms with Gasteiger partial charge in [-0.3, -0.25) is 0 Å². The Labute approximate surface area is 154 Å². The first-order chi connectivity index (χ1) is 12.4. The van der Waals surface area contributed by atoms with Gasteiger partial charge < -0.3 is 9.64 Å². The molecule has 0 amide bonds. The fraction of sp³-hybridized carbons (Fsp3) is 0.500. The standard InChI is InChI=1S/C18H20N4OS2/c1-24-18-15-14(19-10-20-18)13-11-4-2-3-5-12(11)16(21-17(13)25-15)22-6-8-23-9-7-22/h10H,2-9H2,1H3. The van der Waals surface area contributed by atoms with E-state index in [1.54, 1.807) is 29.4 Å². The summed E-state index contributed by atoms with van der Waals surface area (Å²) >= 11 is 3.44. The van der Waals surface area contributed by atoms with Crippen molar-refractivity contribution in [3.05, 3.63) is 17.5 Å². The maximum absolute atomic E-state index is 5.54. The number of hydrogen-bond acceptors (Lipinski definition) is 7. The predicted octanol–water partition coefficient (Wildman–Crippen LogP) is 3.68. The van der Waals surface area contributed by atoms with Gasteiger partial charge in [-0.2, -0.15) is 0 Å². The van der Waals surface area contributed by atoms with E-state index in [1.165, 1.54) is 39.9 Å². The minimum Gasteiger partial charge on any atom is -0.378 e. The second-order valence-corrected chi connectivity index (χ2v) is 8.34. The molecule has 25 heavy (non-hydrogen) atoms. The lowest BCUT2D eigenvalue weighted by atomic mass is 9.90. The normalized spacial score (nSPS) is 18.0. The molecule has 0 aromatic carbocycles. The second kappa shape index (κ2) is 6.37. The van der Waals surface area contributed by atoms with Crippen molar-refractivity contribution in [2.45, 2.75) is 30.7 Å². The molecule has 0 bridgehead atoms. The molecule has 0 unspecified atom stereocenters. The van der Waals surface area contributed by atoms with E-state index < -0.39 is 0 Å². The lowest BCUT2D eigenvalue weighted by Crippen LogP contribution is -2.37. The summed E-state index contributed by atoms with van der Waals surface area (Å²) in [7, 11) is 0. The summed E-state index contributed by atoms with van der Waals surface area (Å²) < 4.78 is 6.73. The fourth-order valence-corrected chi connectivity index (χ4v) is 5.85. The van der Waals surface area contributed by atoms with Crippen molar-refractivity contribution in [1.82, 2.24) is 15.0 Å². The first-order valence-electron chi connectivity index (χ1n) is 8.82. The summed E-state index contributed by atoms with van der Waals surface area (Å²) in [6.07, 6.45) is 8.55. The lowest BCUT2D eigenvalue weighted by Gasteiger charge is -2.31. The third-order valence-electron chi connectivity index (χ3n) is 5.17. The SMILES string of the molecule is CSc1ncnc2c1sc1nc(N3CCOCC3)c3c(c12)CCCC3. The van der Waals surface area contributed by atoms with Crippen molar-refractivity contribution in [1.29, 1.82) is 0 Å². The van der Waals surface area contributed by atoms with Crippen LogP contribution in [0.1, 0.15) is 24.0 Å². The van der Waals surface area contributed by atoms with Gasteiger partial charge >= 0.3 is 0 Å². The molecule has 0 atom stereocenters. The van der Waals surface area contributed by atoms with Crippen molar-refractivity contribution in [2.75, 3.05) is 37.5 Å². The van der Waals surface area contributed by atoms with Crippen LogP contribution < -0.4 is 4.90 Å². The molecule has 3 aromatic heterocycles. The Morgan fingerprint density at radius 3 is 2.72 bits per heavy atom. The van der Waals surface area contributed by atoms with Gasteiger partial charge in [0.15, 0.2) is 0 Å². The first kappa shape index (κ1) is 15.8. The van der Waals surface area contributed by atoms with Crippen molar-refractivity contribution >= 4 is 49.3 Å². The molecule has 1 aliphatic carbocycles. The molecule has 2 aliphatic rings. The van der Waals surface area contributed by atoms with Gasteiger partial charge in [-0.05, 0) is 43.1 Å². The summed E-state index contributed by atoms with van der Waals surface area (Å²) in [6.45, 7) is 3.46. The Balaban J connectivity index is 1.80. The van der Waals surface area contributed by atoms with Gasteiger partial charge in [0.05, 0.1) is 23.4 Å². The highest BCUT2D eigenvalue weighted by Gasteiger charge is 2.26. The van der Waals surface area contributed by atoms with Gasteiger partial charge in [0, 0.05) is 18.5 Å². The molecule has 0 spiro atoms. The largest absolute Gasteiger partial charge is 0.378 e. The minimum absolute atomic E-state index is 0.795. The average molecular weight is 373 g/mol. The monoisotopic (exact) mass is 372 g/mol. The van der Waals surface area contributed by atoms with Gasteiger partial charge in [-0.1, -0.05) is 0 Å². The van der Waals surface area contributed by atoms with Crippen LogP contribution in [-0.2, 0) is 17.6 Å². The number of thiophene rings is 1. The minimum atomic E-state index is 0.795. The number of ether oxygens (including phenoxy) is 1. The van der Waals surface area contributed by atoms with E-state index in [4.69, 9.17) is 9.72 Å². The molecule has 0 radical (unpaired) electrons. The number of pyridine rings is 1. The topological polar surface area (TPSA) is 51.1 Å². The van der Waals surface area contributed by atoms with Crippen LogP contribution >= 0.6 is 23.1 Å². The molecule has 130 valence electrons. The van der Waals surface area contributed by atoms with E-state index in [1.807, 2.05) is 0 Å². The number of aromatic nitrogens is 3. The van der Waals surface area contributed by atoms with Crippen LogP contribution in [-0.4, -0.2) is 47.5 Å². The van der Waals surface area contributed by atoms with E-state index in [2.05, 4.69) is 21.1 Å². The zero-order valence-electron chi connectivity index (χ0n) is 14.2. The van der Waals surface area contributed by atoms with Crippen LogP contribution in [0.2, 0.25) is 0 Å². The Hall–Kier alpha value is -1.44. The van der Waals surface area contributed by atoms with Crippen LogP contribution in [0, 0.1) is 0 Å². The van der Waals surface area contributed by atoms with Crippen LogP contribution in [0.4, 0.5) is 5.82 Å². The maximum Gasteiger partial charge on any atom is 0.133 e. The number of anilines is 1. The van der Waals surface area contributed by atoms with Gasteiger partial charge in [-0.25, -0.2) is 15.0 Å². The van der Waals surface area contributed by atoms with Gasteiger partial charge in [0.1, 0.15) is 22.0 Å². The third-order valence-corrected chi connectivity index (χ3v) is 7.08. The molecule has 3 aromatic rings. The fourth-order valence-electron chi connectivity index (χ4n) is 4.00. The number of morpholine rings is 1. The number of aryl methyl sites for hydroxylation is 1. The van der Waals surface area contributed by atoms with Crippen LogP contribution in [0.25, 0.3) is 20.4 Å². The quantitative estimate of drug-likeness (QED) is 0.505. The summed E-state index contributed by atoms with van der Waals surface area (Å²) in [5.41, 5.74) is 4.03. The molecule has 1 saturated heterocycles. The molecule has 5 nitrogen and oxygen atoms in total. The zero-order valence-corrected chi connectivity index (χ0v) is 15.9. The third kappa shape index (κ3) is 2.52. The Bertz CT molecular complexity index is 949. The van der Waals surface area contributed by atoms with Gasteiger partial charge in [-0.15, -0.1) is 23.1 Å². The van der Waals surface area contributed by atoms with Gasteiger partial charge in [0.2, 0.25) is 0 Å². The Kier molecular flexibility index (Phi) is 4.03. The van der Waals surface area contributed by atoms with Crippen molar-refractivity contribution in [3.63, 3.8) is 0 Å². The Morgan fingerprint density at radius 2 is 1.92 bits per heavy atom. The highest BCUT2D eigenvalue weighted by atomic mass is 32.2. The molecule has 5 rings (SSSR count). The number of nitrogens with zero attached hydrogens (tertiary/aromatic N) is 4. The zero-order chi connectivity index (χ0) is 16.8. The van der Waals surface area contributed by atoms with Crippen LogP contribution in [0.3, 0.4) is 0 Å². The predicted molar refractivity (Wildman–Crippen MR) is 104 cm³/mol.